The number of halogens is 2. The van der Waals surface area contributed by atoms with E-state index in [-0.39, 0.29) is 12.1 Å². The Bertz CT molecular complexity index is 980. The Morgan fingerprint density at radius 3 is 2.64 bits per heavy atom. The van der Waals surface area contributed by atoms with Gasteiger partial charge in [-0.25, -0.2) is 4.42 Å². The molecule has 1 fully saturated rings. The van der Waals surface area contributed by atoms with Crippen molar-refractivity contribution in [2.24, 2.45) is 0 Å². The number of H-pyrrole nitrogens is 1. The topological polar surface area (TPSA) is 37.5 Å². The second kappa shape index (κ2) is 7.60. The summed E-state index contributed by atoms with van der Waals surface area (Å²) in [5.41, 5.74) is 4.71. The first-order valence-corrected chi connectivity index (χ1v) is 10.5. The average molecular weight is 417 g/mol. The zero-order valence-corrected chi connectivity index (χ0v) is 17.0. The fraction of sp³-hybridized carbons (Fsp3) is 0.364. The van der Waals surface area contributed by atoms with Crippen LogP contribution in [0.5, 0.6) is 5.75 Å². The minimum Gasteiger partial charge on any atom is -0.490 e. The summed E-state index contributed by atoms with van der Waals surface area (Å²) >= 11 is 12.9. The molecule has 3 aromatic rings. The normalized spacial score (nSPS) is 21.0. The molecule has 1 N–H and O–H groups in total. The number of nitrogens with zero attached hydrogens (tertiary/aromatic N) is 1. The lowest BCUT2D eigenvalue weighted by atomic mass is 9.94. The van der Waals surface area contributed by atoms with Gasteiger partial charge in [-0.2, -0.15) is 0 Å². The number of aromatic amines is 1. The third-order valence-corrected chi connectivity index (χ3v) is 6.30. The number of hydrogen-bond acceptors (Lipinski definition) is 3. The van der Waals surface area contributed by atoms with Crippen LogP contribution in [-0.4, -0.2) is 35.3 Å². The molecule has 0 bridgehead atoms. The molecule has 0 spiro atoms. The standard InChI is InChI=1S/C22H22Cl2N2O2/c23-15-3-6-20-19(13-15)18-7-10-26(24)22(21(18)25-20)14-1-4-16(5-2-14)28-17-8-11-27-12-9-17/h1-6,13,17,22,25H,7-12H2. The molecule has 6 heteroatoms. The Morgan fingerprint density at radius 2 is 1.86 bits per heavy atom. The maximum atomic E-state index is 6.64. The molecule has 146 valence electrons. The molecule has 2 aliphatic heterocycles. The first kappa shape index (κ1) is 18.3. The van der Waals surface area contributed by atoms with E-state index in [0.717, 1.165) is 66.6 Å². The lowest BCUT2D eigenvalue weighted by Gasteiger charge is -2.31. The SMILES string of the molecule is Clc1ccc2[nH]c3c(c2c1)CCN(Cl)C3c1ccc(OC2CCOCC2)cc1. The van der Waals surface area contributed by atoms with E-state index in [1.165, 1.54) is 10.9 Å². The monoisotopic (exact) mass is 416 g/mol. The molecule has 28 heavy (non-hydrogen) atoms. The first-order valence-electron chi connectivity index (χ1n) is 9.76. The number of hydrogen-bond donors (Lipinski definition) is 1. The summed E-state index contributed by atoms with van der Waals surface area (Å²) in [4.78, 5) is 3.57. The predicted octanol–water partition coefficient (Wildman–Crippen LogP) is 5.48. The van der Waals surface area contributed by atoms with Crippen LogP contribution in [-0.2, 0) is 11.2 Å². The fourth-order valence-electron chi connectivity index (χ4n) is 4.27. The van der Waals surface area contributed by atoms with Gasteiger partial charge in [0.25, 0.3) is 0 Å². The van der Waals surface area contributed by atoms with Crippen LogP contribution in [0, 0.1) is 0 Å². The molecule has 1 aromatic heterocycles. The Kier molecular flexibility index (Phi) is 4.97. The summed E-state index contributed by atoms with van der Waals surface area (Å²) in [5, 5.41) is 1.95. The fourth-order valence-corrected chi connectivity index (χ4v) is 4.74. The van der Waals surface area contributed by atoms with Gasteiger partial charge in [0, 0.05) is 41.0 Å². The van der Waals surface area contributed by atoms with Crippen LogP contribution in [0.1, 0.15) is 35.7 Å². The Hall–Kier alpha value is -1.72. The molecular weight excluding hydrogens is 395 g/mol. The molecule has 3 heterocycles. The van der Waals surface area contributed by atoms with E-state index >= 15 is 0 Å². The second-order valence-corrected chi connectivity index (χ2v) is 8.35. The zero-order chi connectivity index (χ0) is 19.1. The summed E-state index contributed by atoms with van der Waals surface area (Å²) in [6, 6.07) is 14.3. The van der Waals surface area contributed by atoms with E-state index in [1.807, 2.05) is 34.8 Å². The highest BCUT2D eigenvalue weighted by molar-refractivity contribution is 6.31. The van der Waals surface area contributed by atoms with Gasteiger partial charge in [0.1, 0.15) is 11.9 Å². The van der Waals surface area contributed by atoms with Crippen molar-refractivity contribution in [3.8, 4) is 5.75 Å². The van der Waals surface area contributed by atoms with E-state index in [1.54, 1.807) is 0 Å². The van der Waals surface area contributed by atoms with Gasteiger partial charge >= 0.3 is 0 Å². The van der Waals surface area contributed by atoms with Gasteiger partial charge in [-0.15, -0.1) is 0 Å². The quantitative estimate of drug-likeness (QED) is 0.574. The lowest BCUT2D eigenvalue weighted by molar-refractivity contribution is 0.0255. The van der Waals surface area contributed by atoms with E-state index in [9.17, 15) is 0 Å². The van der Waals surface area contributed by atoms with Gasteiger partial charge in [0.2, 0.25) is 0 Å². The maximum Gasteiger partial charge on any atom is 0.119 e. The smallest absolute Gasteiger partial charge is 0.119 e. The van der Waals surface area contributed by atoms with Gasteiger partial charge < -0.3 is 14.5 Å². The van der Waals surface area contributed by atoms with Gasteiger partial charge in [-0.05, 0) is 59.7 Å². The Morgan fingerprint density at radius 1 is 1.07 bits per heavy atom. The van der Waals surface area contributed by atoms with Crippen molar-refractivity contribution in [1.29, 1.82) is 0 Å². The Labute approximate surface area is 174 Å². The largest absolute Gasteiger partial charge is 0.490 e. The van der Waals surface area contributed by atoms with Crippen molar-refractivity contribution >= 4 is 34.3 Å². The molecule has 1 atom stereocenters. The van der Waals surface area contributed by atoms with E-state index in [4.69, 9.17) is 32.9 Å². The van der Waals surface area contributed by atoms with Crippen molar-refractivity contribution in [3.63, 3.8) is 0 Å². The van der Waals surface area contributed by atoms with Crippen LogP contribution in [0.3, 0.4) is 0 Å². The number of fused-ring (bicyclic) bond motifs is 3. The van der Waals surface area contributed by atoms with Gasteiger partial charge in [0.15, 0.2) is 0 Å². The lowest BCUT2D eigenvalue weighted by Crippen LogP contribution is -2.29. The van der Waals surface area contributed by atoms with Crippen molar-refractivity contribution in [3.05, 3.63) is 64.3 Å². The summed E-state index contributed by atoms with van der Waals surface area (Å²) in [5.74, 6) is 0.899. The van der Waals surface area contributed by atoms with Gasteiger partial charge in [-0.3, -0.25) is 0 Å². The van der Waals surface area contributed by atoms with Crippen molar-refractivity contribution in [1.82, 2.24) is 9.40 Å². The average Bonchev–Trinajstić information content (AvgIpc) is 3.07. The Balaban J connectivity index is 1.45. The van der Waals surface area contributed by atoms with E-state index in [0.29, 0.717) is 0 Å². The van der Waals surface area contributed by atoms with Crippen molar-refractivity contribution in [2.75, 3.05) is 19.8 Å². The highest BCUT2D eigenvalue weighted by atomic mass is 35.5. The molecule has 0 saturated carbocycles. The van der Waals surface area contributed by atoms with Crippen molar-refractivity contribution in [2.45, 2.75) is 31.4 Å². The molecule has 2 aliphatic rings. The highest BCUT2D eigenvalue weighted by Gasteiger charge is 2.31. The molecule has 0 amide bonds. The summed E-state index contributed by atoms with van der Waals surface area (Å²) < 4.78 is 13.4. The van der Waals surface area contributed by atoms with Gasteiger partial charge in [0.05, 0.1) is 19.3 Å². The number of ether oxygens (including phenoxy) is 2. The van der Waals surface area contributed by atoms with Crippen LogP contribution in [0.15, 0.2) is 42.5 Å². The number of aromatic nitrogens is 1. The molecule has 4 nitrogen and oxygen atoms in total. The van der Waals surface area contributed by atoms with Crippen LogP contribution >= 0.6 is 23.4 Å². The molecule has 2 aromatic carbocycles. The van der Waals surface area contributed by atoms with Crippen molar-refractivity contribution < 1.29 is 9.47 Å². The summed E-state index contributed by atoms with van der Waals surface area (Å²) in [6.45, 7) is 2.34. The number of rotatable bonds is 3. The van der Waals surface area contributed by atoms with Gasteiger partial charge in [-0.1, -0.05) is 23.7 Å². The van der Waals surface area contributed by atoms with Crippen LogP contribution in [0.4, 0.5) is 0 Å². The van der Waals surface area contributed by atoms with Crippen LogP contribution < -0.4 is 4.74 Å². The molecule has 1 saturated heterocycles. The molecule has 5 rings (SSSR count). The van der Waals surface area contributed by atoms with Crippen LogP contribution in [0.25, 0.3) is 10.9 Å². The molecule has 1 unspecified atom stereocenters. The minimum atomic E-state index is -0.0197. The first-order chi connectivity index (χ1) is 13.7. The van der Waals surface area contributed by atoms with E-state index in [2.05, 4.69) is 17.1 Å². The van der Waals surface area contributed by atoms with Crippen LogP contribution in [0.2, 0.25) is 5.02 Å². The second-order valence-electron chi connectivity index (χ2n) is 7.48. The molecule has 0 aliphatic carbocycles. The summed E-state index contributed by atoms with van der Waals surface area (Å²) in [6.07, 6.45) is 3.03. The third-order valence-electron chi connectivity index (χ3n) is 5.70. The highest BCUT2D eigenvalue weighted by Crippen LogP contribution is 2.40. The summed E-state index contributed by atoms with van der Waals surface area (Å²) in [7, 11) is 0. The predicted molar refractivity (Wildman–Crippen MR) is 112 cm³/mol. The third kappa shape index (κ3) is 3.39. The maximum absolute atomic E-state index is 6.64. The molecule has 0 radical (unpaired) electrons. The number of benzene rings is 2. The number of nitrogens with one attached hydrogen (secondary N) is 1. The minimum absolute atomic E-state index is 0.0197. The van der Waals surface area contributed by atoms with E-state index < -0.39 is 0 Å². The molecular formula is C22H22Cl2N2O2. The zero-order valence-electron chi connectivity index (χ0n) is 15.5.